The molecule has 0 radical (unpaired) electrons. The predicted octanol–water partition coefficient (Wildman–Crippen LogP) is 4.49. The summed E-state index contributed by atoms with van der Waals surface area (Å²) in [5, 5.41) is 0. The fourth-order valence-corrected chi connectivity index (χ4v) is 2.09. The van der Waals surface area contributed by atoms with Gasteiger partial charge in [-0.1, -0.05) is 66.2 Å². The molecule has 0 heteroatoms. The lowest BCUT2D eigenvalue weighted by Gasteiger charge is -2.27. The van der Waals surface area contributed by atoms with Crippen molar-refractivity contribution in [2.24, 2.45) is 0 Å². The van der Waals surface area contributed by atoms with Crippen LogP contribution in [0.15, 0.2) is 67.3 Å². The third-order valence-corrected chi connectivity index (χ3v) is 3.43. The van der Waals surface area contributed by atoms with Gasteiger partial charge >= 0.3 is 0 Å². The summed E-state index contributed by atoms with van der Waals surface area (Å²) >= 11 is 0. The zero-order valence-electron chi connectivity index (χ0n) is 10.5. The van der Waals surface area contributed by atoms with Crippen molar-refractivity contribution in [1.29, 1.82) is 0 Å². The summed E-state index contributed by atoms with van der Waals surface area (Å²) in [6, 6.07) is 19.2. The van der Waals surface area contributed by atoms with E-state index in [2.05, 4.69) is 69.0 Å². The number of benzene rings is 2. The Hall–Kier alpha value is -1.82. The maximum Gasteiger partial charge on any atom is 0.0351 e. The Balaban J connectivity index is 2.51. The molecule has 0 N–H and O–H groups in total. The van der Waals surface area contributed by atoms with Crippen LogP contribution in [0.5, 0.6) is 0 Å². The topological polar surface area (TPSA) is 0 Å². The minimum Gasteiger partial charge on any atom is -0.102 e. The first-order chi connectivity index (χ1) is 8.16. The van der Waals surface area contributed by atoms with E-state index in [0.29, 0.717) is 0 Å². The first-order valence-electron chi connectivity index (χ1n) is 5.93. The second-order valence-electron chi connectivity index (χ2n) is 4.64. The number of hydrogen-bond acceptors (Lipinski definition) is 0. The van der Waals surface area contributed by atoms with Gasteiger partial charge in [0.25, 0.3) is 0 Å². The van der Waals surface area contributed by atoms with Gasteiger partial charge < -0.3 is 0 Å². The molecule has 17 heavy (non-hydrogen) atoms. The van der Waals surface area contributed by atoms with Crippen LogP contribution in [-0.4, -0.2) is 0 Å². The van der Waals surface area contributed by atoms with Gasteiger partial charge in [-0.15, -0.1) is 6.58 Å². The lowest BCUT2D eigenvalue weighted by molar-refractivity contribution is 0.725. The Morgan fingerprint density at radius 2 is 1.41 bits per heavy atom. The molecule has 1 atom stereocenters. The van der Waals surface area contributed by atoms with Crippen LogP contribution in [0.2, 0.25) is 0 Å². The predicted molar refractivity (Wildman–Crippen MR) is 74.3 cm³/mol. The minimum absolute atomic E-state index is 0.116. The van der Waals surface area contributed by atoms with E-state index >= 15 is 0 Å². The van der Waals surface area contributed by atoms with Crippen LogP contribution in [0.25, 0.3) is 0 Å². The minimum atomic E-state index is -0.116. The van der Waals surface area contributed by atoms with Crippen LogP contribution in [0, 0.1) is 6.92 Å². The molecule has 86 valence electrons. The van der Waals surface area contributed by atoms with E-state index in [4.69, 9.17) is 0 Å². The SMILES string of the molecule is C=C[C@](C)(c1ccccc1)c1ccc(C)cc1. The Kier molecular flexibility index (Phi) is 3.14. The van der Waals surface area contributed by atoms with E-state index in [1.807, 2.05) is 12.1 Å². The highest BCUT2D eigenvalue weighted by molar-refractivity contribution is 5.43. The highest BCUT2D eigenvalue weighted by Crippen LogP contribution is 2.32. The molecule has 0 bridgehead atoms. The van der Waals surface area contributed by atoms with Gasteiger partial charge in [0.1, 0.15) is 0 Å². The lowest BCUT2D eigenvalue weighted by atomic mass is 9.76. The molecular weight excluding hydrogens is 204 g/mol. The molecule has 0 aliphatic carbocycles. The third kappa shape index (κ3) is 2.16. The maximum atomic E-state index is 4.01. The van der Waals surface area contributed by atoms with E-state index < -0.39 is 0 Å². The molecule has 2 aromatic carbocycles. The Morgan fingerprint density at radius 3 is 1.94 bits per heavy atom. The third-order valence-electron chi connectivity index (χ3n) is 3.43. The molecule has 2 aromatic rings. The van der Waals surface area contributed by atoms with Crippen molar-refractivity contribution >= 4 is 0 Å². The van der Waals surface area contributed by atoms with Crippen molar-refractivity contribution in [2.45, 2.75) is 19.3 Å². The fraction of sp³-hybridized carbons (Fsp3) is 0.176. The lowest BCUT2D eigenvalue weighted by Crippen LogP contribution is -2.20. The highest BCUT2D eigenvalue weighted by Gasteiger charge is 2.24. The van der Waals surface area contributed by atoms with E-state index in [1.165, 1.54) is 16.7 Å². The standard InChI is InChI=1S/C17H18/c1-4-17(3,15-8-6-5-7-9-15)16-12-10-14(2)11-13-16/h4-13H,1H2,2-3H3/t17-/m1/s1. The van der Waals surface area contributed by atoms with Gasteiger partial charge in [-0.3, -0.25) is 0 Å². The molecule has 0 saturated heterocycles. The first kappa shape index (κ1) is 11.7. The van der Waals surface area contributed by atoms with Gasteiger partial charge in [-0.2, -0.15) is 0 Å². The highest BCUT2D eigenvalue weighted by atomic mass is 14.3. The van der Waals surface area contributed by atoms with Gasteiger partial charge in [-0.25, -0.2) is 0 Å². The molecule has 0 aromatic heterocycles. The Labute approximate surface area is 104 Å². The van der Waals surface area contributed by atoms with Gasteiger partial charge in [0.2, 0.25) is 0 Å². The molecule has 2 rings (SSSR count). The van der Waals surface area contributed by atoms with Gasteiger partial charge in [0, 0.05) is 5.41 Å². The summed E-state index contributed by atoms with van der Waals surface area (Å²) in [5.41, 5.74) is 3.73. The van der Waals surface area contributed by atoms with Crippen LogP contribution in [0.1, 0.15) is 23.6 Å². The quantitative estimate of drug-likeness (QED) is 0.671. The van der Waals surface area contributed by atoms with Crippen molar-refractivity contribution in [3.8, 4) is 0 Å². The average molecular weight is 222 g/mol. The molecule has 0 spiro atoms. The monoisotopic (exact) mass is 222 g/mol. The van der Waals surface area contributed by atoms with E-state index in [9.17, 15) is 0 Å². The summed E-state index contributed by atoms with van der Waals surface area (Å²) in [4.78, 5) is 0. The second kappa shape index (κ2) is 4.58. The van der Waals surface area contributed by atoms with Crippen LogP contribution >= 0.6 is 0 Å². The summed E-state index contributed by atoms with van der Waals surface area (Å²) in [7, 11) is 0. The van der Waals surface area contributed by atoms with Crippen molar-refractivity contribution < 1.29 is 0 Å². The molecule has 0 amide bonds. The Bertz CT molecular complexity index is 493. The van der Waals surface area contributed by atoms with E-state index in [-0.39, 0.29) is 5.41 Å². The maximum absolute atomic E-state index is 4.01. The summed E-state index contributed by atoms with van der Waals surface area (Å²) in [6.45, 7) is 8.32. The summed E-state index contributed by atoms with van der Waals surface area (Å²) < 4.78 is 0. The molecule has 0 nitrogen and oxygen atoms in total. The smallest absolute Gasteiger partial charge is 0.0351 e. The zero-order valence-corrected chi connectivity index (χ0v) is 10.5. The number of hydrogen-bond donors (Lipinski definition) is 0. The summed E-state index contributed by atoms with van der Waals surface area (Å²) in [6.07, 6.45) is 2.02. The number of aryl methyl sites for hydroxylation is 1. The van der Waals surface area contributed by atoms with Crippen LogP contribution in [0.4, 0.5) is 0 Å². The first-order valence-corrected chi connectivity index (χ1v) is 5.93. The summed E-state index contributed by atoms with van der Waals surface area (Å²) in [5.74, 6) is 0. The second-order valence-corrected chi connectivity index (χ2v) is 4.64. The van der Waals surface area contributed by atoms with E-state index in [0.717, 1.165) is 0 Å². The van der Waals surface area contributed by atoms with Gasteiger partial charge in [-0.05, 0) is 25.0 Å². The van der Waals surface area contributed by atoms with Crippen LogP contribution in [-0.2, 0) is 5.41 Å². The molecular formula is C17H18. The molecule has 0 aliphatic heterocycles. The molecule has 0 fully saturated rings. The number of allylic oxidation sites excluding steroid dienone is 1. The molecule has 0 aliphatic rings. The van der Waals surface area contributed by atoms with Crippen molar-refractivity contribution in [2.75, 3.05) is 0 Å². The number of rotatable bonds is 3. The molecule has 0 unspecified atom stereocenters. The van der Waals surface area contributed by atoms with E-state index in [1.54, 1.807) is 0 Å². The van der Waals surface area contributed by atoms with Crippen molar-refractivity contribution in [1.82, 2.24) is 0 Å². The zero-order chi connectivity index (χ0) is 12.3. The largest absolute Gasteiger partial charge is 0.102 e. The normalized spacial score (nSPS) is 14.0. The fourth-order valence-electron chi connectivity index (χ4n) is 2.09. The van der Waals surface area contributed by atoms with Crippen LogP contribution in [0.3, 0.4) is 0 Å². The van der Waals surface area contributed by atoms with Gasteiger partial charge in [0.15, 0.2) is 0 Å². The van der Waals surface area contributed by atoms with Gasteiger partial charge in [0.05, 0.1) is 0 Å². The van der Waals surface area contributed by atoms with Crippen molar-refractivity contribution in [3.63, 3.8) is 0 Å². The molecule has 0 heterocycles. The van der Waals surface area contributed by atoms with Crippen molar-refractivity contribution in [3.05, 3.63) is 83.9 Å². The Morgan fingerprint density at radius 1 is 0.882 bits per heavy atom. The molecule has 0 saturated carbocycles. The average Bonchev–Trinajstić information content (AvgIpc) is 2.40. The van der Waals surface area contributed by atoms with Crippen LogP contribution < -0.4 is 0 Å².